The molecule has 0 saturated carbocycles. The van der Waals surface area contributed by atoms with Crippen molar-refractivity contribution in [3.05, 3.63) is 99.6 Å². The molecule has 3 atom stereocenters. The van der Waals surface area contributed by atoms with Crippen LogP contribution in [0.2, 0.25) is 5.02 Å². The van der Waals surface area contributed by atoms with Crippen LogP contribution < -0.4 is 5.32 Å². The van der Waals surface area contributed by atoms with Crippen molar-refractivity contribution in [3.8, 4) is 0 Å². The van der Waals surface area contributed by atoms with E-state index in [0.29, 0.717) is 17.1 Å². The van der Waals surface area contributed by atoms with Crippen LogP contribution in [0.1, 0.15) is 65.8 Å². The van der Waals surface area contributed by atoms with Crippen LogP contribution in [-0.2, 0) is 23.9 Å². The Hall–Kier alpha value is -3.97. The first-order valence-corrected chi connectivity index (χ1v) is 14.5. The van der Waals surface area contributed by atoms with Gasteiger partial charge in [-0.3, -0.25) is 19.3 Å². The fourth-order valence-corrected chi connectivity index (χ4v) is 7.04. The smallest absolute Gasteiger partial charge is 0.329 e. The molecule has 0 unspecified atom stereocenters. The second-order valence-corrected chi connectivity index (χ2v) is 11.5. The van der Waals surface area contributed by atoms with Gasteiger partial charge in [-0.25, -0.2) is 4.79 Å². The van der Waals surface area contributed by atoms with E-state index >= 15 is 0 Å². The van der Waals surface area contributed by atoms with Crippen molar-refractivity contribution in [1.29, 1.82) is 0 Å². The van der Waals surface area contributed by atoms with E-state index in [9.17, 15) is 19.2 Å². The highest BCUT2D eigenvalue weighted by atomic mass is 35.5. The number of rotatable bonds is 8. The molecular formula is C33H31ClN2O5. The summed E-state index contributed by atoms with van der Waals surface area (Å²) in [6.07, 6.45) is 1.66. The SMILES string of the molecule is CCCC[C@H](C(=O)OCC(=O)Nc1ccc(C)c(Cl)c1)N1C(=O)[C@@H]2C3c4ccccc4C(c4ccccc43)[C@@H]2C1=O. The molecule has 3 amide bonds. The van der Waals surface area contributed by atoms with Crippen LogP contribution in [0.15, 0.2) is 66.7 Å². The van der Waals surface area contributed by atoms with E-state index < -0.39 is 36.4 Å². The van der Waals surface area contributed by atoms with E-state index in [-0.39, 0.29) is 30.1 Å². The molecule has 8 heteroatoms. The molecule has 0 aromatic heterocycles. The Labute approximate surface area is 243 Å². The van der Waals surface area contributed by atoms with Crippen LogP contribution in [0.4, 0.5) is 5.69 Å². The van der Waals surface area contributed by atoms with Gasteiger partial charge >= 0.3 is 5.97 Å². The summed E-state index contributed by atoms with van der Waals surface area (Å²) in [6, 6.07) is 20.1. The zero-order valence-corrected chi connectivity index (χ0v) is 23.7. The number of imide groups is 1. The molecule has 1 heterocycles. The van der Waals surface area contributed by atoms with Crippen LogP contribution in [-0.4, -0.2) is 41.2 Å². The van der Waals surface area contributed by atoms with E-state index in [2.05, 4.69) is 5.32 Å². The van der Waals surface area contributed by atoms with Gasteiger partial charge in [-0.1, -0.05) is 86.0 Å². The third-order valence-corrected chi connectivity index (χ3v) is 9.11. The number of carbonyl (C=O) groups is 4. The highest BCUT2D eigenvalue weighted by Gasteiger charge is 2.63. The fourth-order valence-electron chi connectivity index (χ4n) is 6.86. The number of amides is 3. The Bertz CT molecular complexity index is 1450. The Morgan fingerprint density at radius 2 is 1.44 bits per heavy atom. The summed E-state index contributed by atoms with van der Waals surface area (Å²) in [5.41, 5.74) is 5.63. The van der Waals surface area contributed by atoms with E-state index in [4.69, 9.17) is 16.3 Å². The monoisotopic (exact) mass is 570 g/mol. The van der Waals surface area contributed by atoms with Crippen LogP contribution in [0.3, 0.4) is 0 Å². The Morgan fingerprint density at radius 1 is 0.902 bits per heavy atom. The number of hydrogen-bond acceptors (Lipinski definition) is 5. The maximum Gasteiger partial charge on any atom is 0.329 e. The third kappa shape index (κ3) is 4.52. The number of hydrogen-bond donors (Lipinski definition) is 1. The van der Waals surface area contributed by atoms with Gasteiger partial charge in [0, 0.05) is 22.5 Å². The minimum absolute atomic E-state index is 0.256. The molecule has 210 valence electrons. The van der Waals surface area contributed by atoms with Crippen molar-refractivity contribution >= 4 is 41.0 Å². The lowest BCUT2D eigenvalue weighted by Crippen LogP contribution is -2.47. The molecule has 2 bridgehead atoms. The number of halogens is 1. The molecule has 1 aliphatic heterocycles. The zero-order valence-electron chi connectivity index (χ0n) is 22.9. The molecule has 41 heavy (non-hydrogen) atoms. The predicted octanol–water partition coefficient (Wildman–Crippen LogP) is 5.58. The van der Waals surface area contributed by atoms with Gasteiger partial charge < -0.3 is 10.1 Å². The number of ether oxygens (including phenoxy) is 1. The number of nitrogens with zero attached hydrogens (tertiary/aromatic N) is 1. The van der Waals surface area contributed by atoms with Gasteiger partial charge in [-0.2, -0.15) is 0 Å². The largest absolute Gasteiger partial charge is 0.454 e. The topological polar surface area (TPSA) is 92.8 Å². The fraction of sp³-hybridized carbons (Fsp3) is 0.333. The van der Waals surface area contributed by atoms with Gasteiger partial charge in [0.2, 0.25) is 11.8 Å². The maximum atomic E-state index is 14.1. The van der Waals surface area contributed by atoms with Gasteiger partial charge in [0.05, 0.1) is 11.8 Å². The summed E-state index contributed by atoms with van der Waals surface area (Å²) >= 11 is 6.14. The second kappa shape index (κ2) is 10.8. The number of carbonyl (C=O) groups excluding carboxylic acids is 4. The molecule has 3 aromatic rings. The average molecular weight is 571 g/mol. The predicted molar refractivity (Wildman–Crippen MR) is 154 cm³/mol. The van der Waals surface area contributed by atoms with Gasteiger partial charge in [0.15, 0.2) is 6.61 Å². The molecule has 4 aliphatic rings. The lowest BCUT2D eigenvalue weighted by molar-refractivity contribution is -0.160. The Morgan fingerprint density at radius 3 is 1.93 bits per heavy atom. The molecule has 1 N–H and O–H groups in total. The third-order valence-electron chi connectivity index (χ3n) is 8.70. The quantitative estimate of drug-likeness (QED) is 0.282. The highest BCUT2D eigenvalue weighted by molar-refractivity contribution is 6.31. The lowest BCUT2D eigenvalue weighted by Gasteiger charge is -2.45. The van der Waals surface area contributed by atoms with E-state index in [1.165, 1.54) is 0 Å². The number of esters is 1. The van der Waals surface area contributed by atoms with E-state index in [0.717, 1.165) is 39.1 Å². The lowest BCUT2D eigenvalue weighted by atomic mass is 9.55. The zero-order chi connectivity index (χ0) is 28.8. The normalized spacial score (nSPS) is 22.6. The summed E-state index contributed by atoms with van der Waals surface area (Å²) < 4.78 is 5.41. The Balaban J connectivity index is 1.25. The molecule has 0 radical (unpaired) electrons. The van der Waals surface area contributed by atoms with Crippen molar-refractivity contribution in [2.75, 3.05) is 11.9 Å². The maximum absolute atomic E-state index is 14.1. The van der Waals surface area contributed by atoms with Gasteiger partial charge in [0.25, 0.3) is 5.91 Å². The van der Waals surface area contributed by atoms with E-state index in [1.807, 2.05) is 62.4 Å². The molecule has 7 rings (SSSR count). The molecule has 1 saturated heterocycles. The van der Waals surface area contributed by atoms with Crippen molar-refractivity contribution in [3.63, 3.8) is 0 Å². The summed E-state index contributed by atoms with van der Waals surface area (Å²) in [5, 5.41) is 3.17. The minimum Gasteiger partial charge on any atom is -0.454 e. The standard InChI is InChI=1S/C33H31ClN2O5/c1-3-4-13-25(33(40)41-17-26(37)35-19-15-14-18(2)24(34)16-19)36-31(38)29-27-20-9-5-6-10-21(20)28(30(29)32(36)39)23-12-8-7-11-22(23)27/h5-12,14-16,25,27-30H,3-4,13,17H2,1-2H3,(H,35,37)/t25-,27?,28?,29-,30+/m1/s1. The first kappa shape index (κ1) is 27.2. The number of unbranched alkanes of at least 4 members (excludes halogenated alkanes) is 1. The molecule has 3 aliphatic carbocycles. The number of nitrogens with one attached hydrogen (secondary N) is 1. The molecule has 7 nitrogen and oxygen atoms in total. The average Bonchev–Trinajstić information content (AvgIpc) is 3.24. The summed E-state index contributed by atoms with van der Waals surface area (Å²) in [7, 11) is 0. The van der Waals surface area contributed by atoms with Crippen LogP contribution in [0, 0.1) is 18.8 Å². The summed E-state index contributed by atoms with van der Waals surface area (Å²) in [4.78, 5) is 55.4. The summed E-state index contributed by atoms with van der Waals surface area (Å²) in [5.74, 6) is -3.63. The molecular weight excluding hydrogens is 540 g/mol. The summed E-state index contributed by atoms with van der Waals surface area (Å²) in [6.45, 7) is 3.29. The number of anilines is 1. The second-order valence-electron chi connectivity index (χ2n) is 11.1. The van der Waals surface area contributed by atoms with Crippen LogP contribution in [0.25, 0.3) is 0 Å². The minimum atomic E-state index is -1.09. The van der Waals surface area contributed by atoms with Gasteiger partial charge in [-0.15, -0.1) is 0 Å². The molecule has 3 aromatic carbocycles. The van der Waals surface area contributed by atoms with Crippen LogP contribution in [0.5, 0.6) is 0 Å². The Kier molecular flexibility index (Phi) is 7.16. The van der Waals surface area contributed by atoms with Crippen molar-refractivity contribution in [2.45, 2.75) is 51.0 Å². The molecule has 1 fully saturated rings. The van der Waals surface area contributed by atoms with Crippen molar-refractivity contribution < 1.29 is 23.9 Å². The van der Waals surface area contributed by atoms with Crippen molar-refractivity contribution in [1.82, 2.24) is 4.90 Å². The molecule has 0 spiro atoms. The number of likely N-dealkylation sites (tertiary alicyclic amines) is 1. The van der Waals surface area contributed by atoms with E-state index in [1.54, 1.807) is 18.2 Å². The number of aryl methyl sites for hydroxylation is 1. The first-order valence-electron chi connectivity index (χ1n) is 14.1. The van der Waals surface area contributed by atoms with Crippen LogP contribution >= 0.6 is 11.6 Å². The van der Waals surface area contributed by atoms with Gasteiger partial charge in [0.1, 0.15) is 6.04 Å². The van der Waals surface area contributed by atoms with Crippen molar-refractivity contribution in [2.24, 2.45) is 11.8 Å². The van der Waals surface area contributed by atoms with Gasteiger partial charge in [-0.05, 0) is 53.3 Å². The highest BCUT2D eigenvalue weighted by Crippen LogP contribution is 2.61. The number of benzene rings is 3. The first-order chi connectivity index (χ1) is 19.8.